The van der Waals surface area contributed by atoms with Crippen LogP contribution in [0.1, 0.15) is 5.56 Å². The van der Waals surface area contributed by atoms with Crippen LogP contribution in [0.15, 0.2) is 48.5 Å². The van der Waals surface area contributed by atoms with Crippen LogP contribution in [0.25, 0.3) is 0 Å². The third kappa shape index (κ3) is 3.03. The van der Waals surface area contributed by atoms with Crippen molar-refractivity contribution in [3.8, 4) is 0 Å². The number of anilines is 1. The van der Waals surface area contributed by atoms with Gasteiger partial charge in [-0.1, -0.05) is 53.5 Å². The Morgan fingerprint density at radius 3 is 2.39 bits per heavy atom. The summed E-state index contributed by atoms with van der Waals surface area (Å²) in [5.74, 6) is 0. The normalized spacial score (nSPS) is 10.1. The Balaban J connectivity index is 2.26. The van der Waals surface area contributed by atoms with E-state index in [9.17, 15) is 4.79 Å². The van der Waals surface area contributed by atoms with Crippen molar-refractivity contribution in [3.05, 3.63) is 64.1 Å². The predicted octanol–water partition coefficient (Wildman–Crippen LogP) is 4.16. The minimum absolute atomic E-state index is 0.463. The average Bonchev–Trinajstić information content (AvgIpc) is 2.38. The first-order chi connectivity index (χ1) is 8.70. The molecule has 2 nitrogen and oxygen atoms in total. The fourth-order valence-electron chi connectivity index (χ4n) is 1.67. The van der Waals surface area contributed by atoms with E-state index in [0.717, 1.165) is 12.0 Å². The number of hydrogen-bond acceptors (Lipinski definition) is 1. The molecule has 0 radical (unpaired) electrons. The molecule has 2 rings (SSSR count). The zero-order chi connectivity index (χ0) is 13.0. The second-order valence-corrected chi connectivity index (χ2v) is 4.66. The fourth-order valence-corrected chi connectivity index (χ4v) is 2.19. The first kappa shape index (κ1) is 12.9. The van der Waals surface area contributed by atoms with Crippen molar-refractivity contribution < 1.29 is 4.79 Å². The lowest BCUT2D eigenvalue weighted by Crippen LogP contribution is -2.20. The van der Waals surface area contributed by atoms with Crippen LogP contribution in [0.5, 0.6) is 0 Å². The number of hydrogen-bond donors (Lipinski definition) is 0. The van der Waals surface area contributed by atoms with E-state index in [4.69, 9.17) is 23.2 Å². The molecule has 2 aromatic rings. The summed E-state index contributed by atoms with van der Waals surface area (Å²) in [6.45, 7) is 0.478. The van der Waals surface area contributed by atoms with Gasteiger partial charge in [0.05, 0.1) is 17.3 Å². The predicted molar refractivity (Wildman–Crippen MR) is 75.2 cm³/mol. The number of nitrogens with zero attached hydrogens (tertiary/aromatic N) is 1. The van der Waals surface area contributed by atoms with Crippen LogP contribution >= 0.6 is 23.2 Å². The second kappa shape index (κ2) is 5.89. The molecule has 2 aromatic carbocycles. The summed E-state index contributed by atoms with van der Waals surface area (Å²) in [5, 5.41) is 1.01. The molecule has 18 heavy (non-hydrogen) atoms. The van der Waals surface area contributed by atoms with E-state index >= 15 is 0 Å². The summed E-state index contributed by atoms with van der Waals surface area (Å²) in [6.07, 6.45) is 0.766. The monoisotopic (exact) mass is 279 g/mol. The maximum absolute atomic E-state index is 11.2. The van der Waals surface area contributed by atoms with Gasteiger partial charge in [-0.3, -0.25) is 4.79 Å². The van der Waals surface area contributed by atoms with Gasteiger partial charge in [-0.25, -0.2) is 0 Å². The van der Waals surface area contributed by atoms with Gasteiger partial charge >= 0.3 is 0 Å². The Labute approximate surface area is 116 Å². The highest BCUT2D eigenvalue weighted by Crippen LogP contribution is 2.29. The van der Waals surface area contributed by atoms with E-state index in [1.54, 1.807) is 23.1 Å². The van der Waals surface area contributed by atoms with Gasteiger partial charge in [0.1, 0.15) is 0 Å². The summed E-state index contributed by atoms with van der Waals surface area (Å²) in [7, 11) is 0. The average molecular weight is 280 g/mol. The molecule has 0 heterocycles. The van der Waals surface area contributed by atoms with Crippen molar-refractivity contribution in [1.29, 1.82) is 0 Å². The Hall–Kier alpha value is -1.51. The number of benzene rings is 2. The highest BCUT2D eigenvalue weighted by Gasteiger charge is 2.10. The molecule has 0 bridgehead atoms. The molecule has 0 atom stereocenters. The smallest absolute Gasteiger partial charge is 0.214 e. The van der Waals surface area contributed by atoms with E-state index < -0.39 is 0 Å². The molecule has 1 amide bonds. The van der Waals surface area contributed by atoms with E-state index in [-0.39, 0.29) is 0 Å². The fraction of sp³-hybridized carbons (Fsp3) is 0.0714. The van der Waals surface area contributed by atoms with E-state index in [1.165, 1.54) is 0 Å². The van der Waals surface area contributed by atoms with Gasteiger partial charge in [0.15, 0.2) is 0 Å². The van der Waals surface area contributed by atoms with Gasteiger partial charge < -0.3 is 4.90 Å². The highest BCUT2D eigenvalue weighted by atomic mass is 35.5. The zero-order valence-electron chi connectivity index (χ0n) is 9.51. The second-order valence-electron chi connectivity index (χ2n) is 3.81. The van der Waals surface area contributed by atoms with Crippen LogP contribution in [0.2, 0.25) is 10.0 Å². The van der Waals surface area contributed by atoms with Crippen molar-refractivity contribution in [2.24, 2.45) is 0 Å². The molecule has 0 fully saturated rings. The molecule has 0 aromatic heterocycles. The van der Waals surface area contributed by atoms with E-state index in [2.05, 4.69) is 0 Å². The summed E-state index contributed by atoms with van der Waals surface area (Å²) in [4.78, 5) is 12.7. The van der Waals surface area contributed by atoms with Gasteiger partial charge in [-0.2, -0.15) is 0 Å². The van der Waals surface area contributed by atoms with Gasteiger partial charge in [-0.05, 0) is 23.8 Å². The Kier molecular flexibility index (Phi) is 4.24. The quantitative estimate of drug-likeness (QED) is 0.770. The Morgan fingerprint density at radius 1 is 1.06 bits per heavy atom. The van der Waals surface area contributed by atoms with Gasteiger partial charge in [0.2, 0.25) is 6.41 Å². The Bertz CT molecular complexity index is 543. The number of rotatable bonds is 4. The molecule has 0 aliphatic heterocycles. The number of halogens is 2. The number of carbonyl (C=O) groups is 1. The van der Waals surface area contributed by atoms with Crippen molar-refractivity contribution in [1.82, 2.24) is 0 Å². The third-order valence-corrected chi connectivity index (χ3v) is 3.08. The molecular formula is C14H11Cl2NO. The standard InChI is InChI=1S/C14H11Cl2NO/c15-12-6-7-14(13(16)8-12)17(10-18)9-11-4-2-1-3-5-11/h1-8,10H,9H2. The molecule has 0 unspecified atom stereocenters. The van der Waals surface area contributed by atoms with Crippen LogP contribution in [0.4, 0.5) is 5.69 Å². The Morgan fingerprint density at radius 2 is 1.78 bits per heavy atom. The minimum Gasteiger partial charge on any atom is -0.309 e. The summed E-state index contributed by atoms with van der Waals surface area (Å²) in [6, 6.07) is 14.8. The topological polar surface area (TPSA) is 20.3 Å². The lowest BCUT2D eigenvalue weighted by atomic mass is 10.2. The van der Waals surface area contributed by atoms with Gasteiger partial charge in [0, 0.05) is 5.02 Å². The lowest BCUT2D eigenvalue weighted by Gasteiger charge is -2.19. The van der Waals surface area contributed by atoms with Crippen LogP contribution in [0.3, 0.4) is 0 Å². The third-order valence-electron chi connectivity index (χ3n) is 2.54. The molecule has 0 aliphatic rings. The first-order valence-electron chi connectivity index (χ1n) is 5.41. The lowest BCUT2D eigenvalue weighted by molar-refractivity contribution is -0.107. The molecular weight excluding hydrogens is 269 g/mol. The molecule has 92 valence electrons. The molecule has 4 heteroatoms. The first-order valence-corrected chi connectivity index (χ1v) is 6.17. The van der Waals surface area contributed by atoms with Crippen molar-refractivity contribution in [2.75, 3.05) is 4.90 Å². The molecule has 0 saturated heterocycles. The maximum atomic E-state index is 11.2. The summed E-state index contributed by atoms with van der Waals surface area (Å²) in [5.41, 5.74) is 1.69. The SMILES string of the molecule is O=CN(Cc1ccccc1)c1ccc(Cl)cc1Cl. The molecule has 0 N–H and O–H groups in total. The van der Waals surface area contributed by atoms with Gasteiger partial charge in [-0.15, -0.1) is 0 Å². The molecule has 0 spiro atoms. The van der Waals surface area contributed by atoms with Crippen molar-refractivity contribution in [2.45, 2.75) is 6.54 Å². The van der Waals surface area contributed by atoms with E-state index in [1.807, 2.05) is 30.3 Å². The summed E-state index contributed by atoms with van der Waals surface area (Å²) < 4.78 is 0. The highest BCUT2D eigenvalue weighted by molar-refractivity contribution is 6.36. The summed E-state index contributed by atoms with van der Waals surface area (Å²) >= 11 is 11.9. The van der Waals surface area contributed by atoms with Crippen LogP contribution in [-0.2, 0) is 11.3 Å². The molecule has 0 aliphatic carbocycles. The zero-order valence-corrected chi connectivity index (χ0v) is 11.0. The number of carbonyl (C=O) groups excluding carboxylic acids is 1. The maximum Gasteiger partial charge on any atom is 0.214 e. The number of amides is 1. The minimum atomic E-state index is 0.463. The van der Waals surface area contributed by atoms with Crippen LogP contribution in [-0.4, -0.2) is 6.41 Å². The van der Waals surface area contributed by atoms with Gasteiger partial charge in [0.25, 0.3) is 0 Å². The van der Waals surface area contributed by atoms with Crippen molar-refractivity contribution >= 4 is 35.3 Å². The van der Waals surface area contributed by atoms with E-state index in [0.29, 0.717) is 22.3 Å². The van der Waals surface area contributed by atoms with Crippen LogP contribution < -0.4 is 4.90 Å². The van der Waals surface area contributed by atoms with Crippen LogP contribution in [0, 0.1) is 0 Å². The molecule has 0 saturated carbocycles. The van der Waals surface area contributed by atoms with Crippen molar-refractivity contribution in [3.63, 3.8) is 0 Å². The largest absolute Gasteiger partial charge is 0.309 e.